The molecule has 9 heteroatoms. The van der Waals surface area contributed by atoms with Gasteiger partial charge in [-0.1, -0.05) is 12.1 Å². The molecular weight excluding hydrogens is 373 g/mol. The number of nitrogens with zero attached hydrogens (tertiary/aromatic N) is 3. The maximum atomic E-state index is 13.1. The molecule has 1 N–H and O–H groups in total. The van der Waals surface area contributed by atoms with Crippen molar-refractivity contribution in [3.8, 4) is 11.4 Å². The third-order valence-electron chi connectivity index (χ3n) is 4.00. The standard InChI is InChI=1S/C19H17F3N4O2/c1-11(13-3-9-16(10-4-13)28-19(21)22)23-18(27)17-24-12(2)26(25-17)15-7-5-14(20)6-8-15/h3-11,19H,1-2H3,(H,23,27)/t11-/m1/s1. The van der Waals surface area contributed by atoms with Crippen molar-refractivity contribution < 1.29 is 22.7 Å². The fraction of sp³-hybridized carbons (Fsp3) is 0.211. The predicted octanol–water partition coefficient (Wildman–Crippen LogP) is 3.81. The van der Waals surface area contributed by atoms with Gasteiger partial charge >= 0.3 is 6.61 Å². The molecule has 0 saturated heterocycles. The van der Waals surface area contributed by atoms with Crippen LogP contribution in [0.25, 0.3) is 5.69 Å². The summed E-state index contributed by atoms with van der Waals surface area (Å²) in [5.74, 6) is -0.403. The molecule has 6 nitrogen and oxygen atoms in total. The van der Waals surface area contributed by atoms with Gasteiger partial charge in [-0.15, -0.1) is 5.10 Å². The first-order valence-corrected chi connectivity index (χ1v) is 8.38. The lowest BCUT2D eigenvalue weighted by Crippen LogP contribution is -2.27. The monoisotopic (exact) mass is 390 g/mol. The molecule has 2 aromatic carbocycles. The predicted molar refractivity (Wildman–Crippen MR) is 95.0 cm³/mol. The van der Waals surface area contributed by atoms with Crippen LogP contribution in [0.15, 0.2) is 48.5 Å². The lowest BCUT2D eigenvalue weighted by Gasteiger charge is -2.13. The molecule has 0 aliphatic heterocycles. The number of benzene rings is 2. The molecule has 3 aromatic rings. The number of carbonyl (C=O) groups excluding carboxylic acids is 1. The molecule has 0 unspecified atom stereocenters. The summed E-state index contributed by atoms with van der Waals surface area (Å²) in [7, 11) is 0. The van der Waals surface area contributed by atoms with Crippen LogP contribution in [-0.2, 0) is 0 Å². The molecule has 0 bridgehead atoms. The Morgan fingerprint density at radius 2 is 1.75 bits per heavy atom. The fourth-order valence-corrected chi connectivity index (χ4v) is 2.60. The molecule has 1 aromatic heterocycles. The lowest BCUT2D eigenvalue weighted by molar-refractivity contribution is -0.0498. The molecule has 3 rings (SSSR count). The van der Waals surface area contributed by atoms with Crippen molar-refractivity contribution in [2.75, 3.05) is 0 Å². The second-order valence-electron chi connectivity index (χ2n) is 6.01. The lowest BCUT2D eigenvalue weighted by atomic mass is 10.1. The summed E-state index contributed by atoms with van der Waals surface area (Å²) in [5, 5.41) is 6.92. The molecule has 0 fully saturated rings. The van der Waals surface area contributed by atoms with Gasteiger partial charge in [-0.3, -0.25) is 4.79 Å². The average molecular weight is 390 g/mol. The highest BCUT2D eigenvalue weighted by Crippen LogP contribution is 2.19. The SMILES string of the molecule is Cc1nc(C(=O)N[C@H](C)c2ccc(OC(F)F)cc2)nn1-c1ccc(F)cc1. The number of nitrogens with one attached hydrogen (secondary N) is 1. The van der Waals surface area contributed by atoms with Crippen molar-refractivity contribution in [2.24, 2.45) is 0 Å². The number of aryl methyl sites for hydroxylation is 1. The summed E-state index contributed by atoms with van der Waals surface area (Å²) in [6.45, 7) is 0.525. The molecule has 146 valence electrons. The van der Waals surface area contributed by atoms with E-state index in [4.69, 9.17) is 0 Å². The van der Waals surface area contributed by atoms with Crippen LogP contribution in [0, 0.1) is 12.7 Å². The van der Waals surface area contributed by atoms with E-state index in [1.165, 1.54) is 41.1 Å². The largest absolute Gasteiger partial charge is 0.435 e. The summed E-state index contributed by atoms with van der Waals surface area (Å²) < 4.78 is 43.2. The van der Waals surface area contributed by atoms with Crippen molar-refractivity contribution in [3.05, 3.63) is 71.6 Å². The first kappa shape index (κ1) is 19.4. The Bertz CT molecular complexity index is 956. The smallest absolute Gasteiger partial charge is 0.387 e. The van der Waals surface area contributed by atoms with Crippen LogP contribution in [0.3, 0.4) is 0 Å². The van der Waals surface area contributed by atoms with Crippen LogP contribution in [-0.4, -0.2) is 27.3 Å². The Hall–Kier alpha value is -3.36. The minimum atomic E-state index is -2.89. The van der Waals surface area contributed by atoms with Gasteiger partial charge in [-0.25, -0.2) is 14.1 Å². The Morgan fingerprint density at radius 1 is 1.11 bits per heavy atom. The molecule has 1 atom stereocenters. The van der Waals surface area contributed by atoms with Crippen molar-refractivity contribution in [1.29, 1.82) is 0 Å². The highest BCUT2D eigenvalue weighted by Gasteiger charge is 2.18. The highest BCUT2D eigenvalue weighted by molar-refractivity contribution is 5.90. The van der Waals surface area contributed by atoms with Gasteiger partial charge in [-0.2, -0.15) is 8.78 Å². The first-order chi connectivity index (χ1) is 13.3. The van der Waals surface area contributed by atoms with Gasteiger partial charge in [0.25, 0.3) is 5.91 Å². The Kier molecular flexibility index (Phi) is 5.62. The summed E-state index contributed by atoms with van der Waals surface area (Å²) in [4.78, 5) is 16.6. The Morgan fingerprint density at radius 3 is 2.36 bits per heavy atom. The molecule has 1 heterocycles. The quantitative estimate of drug-likeness (QED) is 0.695. The summed E-state index contributed by atoms with van der Waals surface area (Å²) in [6, 6.07) is 11.2. The van der Waals surface area contributed by atoms with E-state index in [9.17, 15) is 18.0 Å². The van der Waals surface area contributed by atoms with Crippen molar-refractivity contribution in [2.45, 2.75) is 26.5 Å². The second kappa shape index (κ2) is 8.12. The van der Waals surface area contributed by atoms with Crippen molar-refractivity contribution >= 4 is 5.91 Å². The minimum absolute atomic E-state index is 0.0348. The van der Waals surface area contributed by atoms with Gasteiger partial charge in [-0.05, 0) is 55.8 Å². The number of aromatic nitrogens is 3. The van der Waals surface area contributed by atoms with E-state index >= 15 is 0 Å². The van der Waals surface area contributed by atoms with Gasteiger partial charge in [0.2, 0.25) is 5.82 Å². The van der Waals surface area contributed by atoms with E-state index in [1.807, 2.05) is 0 Å². The molecule has 1 amide bonds. The minimum Gasteiger partial charge on any atom is -0.435 e. The molecule has 0 spiro atoms. The zero-order valence-corrected chi connectivity index (χ0v) is 15.1. The second-order valence-corrected chi connectivity index (χ2v) is 6.01. The van der Waals surface area contributed by atoms with Crippen molar-refractivity contribution in [3.63, 3.8) is 0 Å². The molecule has 0 aliphatic carbocycles. The third kappa shape index (κ3) is 4.48. The molecular formula is C19H17F3N4O2. The molecule has 0 radical (unpaired) electrons. The molecule has 28 heavy (non-hydrogen) atoms. The molecule has 0 aliphatic rings. The first-order valence-electron chi connectivity index (χ1n) is 8.38. The number of ether oxygens (including phenoxy) is 1. The Balaban J connectivity index is 1.70. The van der Waals surface area contributed by atoms with Crippen LogP contribution in [0.4, 0.5) is 13.2 Å². The number of carbonyl (C=O) groups is 1. The Labute approximate surface area is 159 Å². The van der Waals surface area contributed by atoms with E-state index in [1.54, 1.807) is 26.0 Å². The number of halogens is 3. The topological polar surface area (TPSA) is 69.0 Å². The molecule has 0 saturated carbocycles. The maximum Gasteiger partial charge on any atom is 0.387 e. The average Bonchev–Trinajstić information content (AvgIpc) is 3.04. The van der Waals surface area contributed by atoms with Gasteiger partial charge < -0.3 is 10.1 Å². The third-order valence-corrected chi connectivity index (χ3v) is 4.00. The van der Waals surface area contributed by atoms with Gasteiger partial charge in [0.15, 0.2) is 0 Å². The van der Waals surface area contributed by atoms with E-state index in [0.29, 0.717) is 17.1 Å². The van der Waals surface area contributed by atoms with Crippen LogP contribution in [0.2, 0.25) is 0 Å². The van der Waals surface area contributed by atoms with Gasteiger partial charge in [0.05, 0.1) is 11.7 Å². The fourth-order valence-electron chi connectivity index (χ4n) is 2.60. The summed E-state index contributed by atoms with van der Waals surface area (Å²) in [5.41, 5.74) is 1.28. The maximum absolute atomic E-state index is 13.1. The summed E-state index contributed by atoms with van der Waals surface area (Å²) in [6.07, 6.45) is 0. The van der Waals surface area contributed by atoms with Gasteiger partial charge in [0, 0.05) is 0 Å². The zero-order valence-electron chi connectivity index (χ0n) is 15.1. The van der Waals surface area contributed by atoms with Crippen molar-refractivity contribution in [1.82, 2.24) is 20.1 Å². The van der Waals surface area contributed by atoms with E-state index in [2.05, 4.69) is 20.1 Å². The number of amides is 1. The van der Waals surface area contributed by atoms with Crippen LogP contribution >= 0.6 is 0 Å². The van der Waals surface area contributed by atoms with E-state index in [0.717, 1.165) is 0 Å². The number of alkyl halides is 2. The normalized spacial score (nSPS) is 12.1. The van der Waals surface area contributed by atoms with E-state index < -0.39 is 18.6 Å². The zero-order chi connectivity index (χ0) is 20.3. The van der Waals surface area contributed by atoms with Crippen LogP contribution in [0.5, 0.6) is 5.75 Å². The van der Waals surface area contributed by atoms with E-state index in [-0.39, 0.29) is 17.4 Å². The van der Waals surface area contributed by atoms with Crippen LogP contribution < -0.4 is 10.1 Å². The number of hydrogen-bond donors (Lipinski definition) is 1. The number of hydrogen-bond acceptors (Lipinski definition) is 4. The highest BCUT2D eigenvalue weighted by atomic mass is 19.3. The summed E-state index contributed by atoms with van der Waals surface area (Å²) >= 11 is 0. The number of rotatable bonds is 6. The van der Waals surface area contributed by atoms with Gasteiger partial charge in [0.1, 0.15) is 17.4 Å². The van der Waals surface area contributed by atoms with Crippen LogP contribution in [0.1, 0.15) is 35.0 Å².